The first kappa shape index (κ1) is 46.7. The maximum atomic E-state index is 13.1. The van der Waals surface area contributed by atoms with Gasteiger partial charge in [0.15, 0.2) is 6.29 Å². The van der Waals surface area contributed by atoms with E-state index in [0.29, 0.717) is 6.42 Å². The van der Waals surface area contributed by atoms with Gasteiger partial charge in [-0.15, -0.1) is 0 Å². The van der Waals surface area contributed by atoms with Gasteiger partial charge in [0.25, 0.3) is 0 Å². The molecule has 6 N–H and O–H groups in total. The number of unbranched alkanes of at least 4 members (excludes halogenated alkanes) is 19. The third-order valence-corrected chi connectivity index (χ3v) is 9.96. The third-order valence-electron chi connectivity index (χ3n) is 9.96. The third kappa shape index (κ3) is 21.9. The zero-order valence-corrected chi connectivity index (χ0v) is 32.1. The highest BCUT2D eigenvalue weighted by molar-refractivity contribution is 5.80. The molecule has 1 aliphatic heterocycles. The van der Waals surface area contributed by atoms with Crippen LogP contribution < -0.4 is 5.32 Å². The van der Waals surface area contributed by atoms with E-state index in [1.54, 1.807) is 0 Å². The van der Waals surface area contributed by atoms with Crippen LogP contribution in [0.25, 0.3) is 0 Å². The van der Waals surface area contributed by atoms with Gasteiger partial charge in [0.05, 0.1) is 19.3 Å². The molecule has 1 rings (SSSR count). The second-order valence-electron chi connectivity index (χ2n) is 14.6. The highest BCUT2D eigenvalue weighted by Gasteiger charge is 2.44. The average Bonchev–Trinajstić information content (AvgIpc) is 3.11. The van der Waals surface area contributed by atoms with E-state index in [1.165, 1.54) is 89.9 Å². The number of allylic oxidation sites excluding steroid dienone is 3. The van der Waals surface area contributed by atoms with E-state index in [9.17, 15) is 30.3 Å². The first-order valence-electron chi connectivity index (χ1n) is 20.5. The standard InChI is InChI=1S/C41H77NO8/c1-4-6-8-10-12-14-16-18-19-21-23-25-27-29-33(3)34(32-49-41-39(47)38(46)37(45)36(31-43)50-41)42-40(48)35(44)30-28-26-24-22-20-17-15-13-11-9-7-5-2/h14,16,27,29,33-39,41,43-47H,4-13,15,17-26,28,30-32H2,1-3H3,(H,42,48)/b16-14+,29-27+/t33-,34+,35-,36-,37-,38+,39-,41-/m1/s1. The van der Waals surface area contributed by atoms with E-state index in [1.807, 2.05) is 13.0 Å². The van der Waals surface area contributed by atoms with Gasteiger partial charge >= 0.3 is 0 Å². The van der Waals surface area contributed by atoms with Crippen LogP contribution in [0.1, 0.15) is 168 Å². The molecule has 0 unspecified atom stereocenters. The van der Waals surface area contributed by atoms with Crippen molar-refractivity contribution in [2.45, 2.75) is 211 Å². The van der Waals surface area contributed by atoms with E-state index >= 15 is 0 Å². The van der Waals surface area contributed by atoms with Crippen molar-refractivity contribution in [1.29, 1.82) is 0 Å². The Hall–Kier alpha value is -1.33. The summed E-state index contributed by atoms with van der Waals surface area (Å²) < 4.78 is 11.3. The minimum absolute atomic E-state index is 0.0595. The number of ether oxygens (including phenoxy) is 2. The van der Waals surface area contributed by atoms with Crippen LogP contribution >= 0.6 is 0 Å². The van der Waals surface area contributed by atoms with Gasteiger partial charge in [-0.3, -0.25) is 4.79 Å². The van der Waals surface area contributed by atoms with Gasteiger partial charge in [0, 0.05) is 0 Å². The van der Waals surface area contributed by atoms with Crippen molar-refractivity contribution in [3.05, 3.63) is 24.3 Å². The number of hydrogen-bond donors (Lipinski definition) is 6. The van der Waals surface area contributed by atoms with Crippen LogP contribution in [0.2, 0.25) is 0 Å². The van der Waals surface area contributed by atoms with Gasteiger partial charge in [-0.1, -0.05) is 148 Å². The Morgan fingerprint density at radius 3 is 1.72 bits per heavy atom. The van der Waals surface area contributed by atoms with Crippen molar-refractivity contribution >= 4 is 5.91 Å². The van der Waals surface area contributed by atoms with Crippen LogP contribution in [-0.2, 0) is 14.3 Å². The summed E-state index contributed by atoms with van der Waals surface area (Å²) >= 11 is 0. The molecule has 50 heavy (non-hydrogen) atoms. The summed E-state index contributed by atoms with van der Waals surface area (Å²) in [6.07, 6.45) is 27.4. The Bertz CT molecular complexity index is 852. The van der Waals surface area contributed by atoms with Crippen LogP contribution in [0.3, 0.4) is 0 Å². The Morgan fingerprint density at radius 1 is 0.700 bits per heavy atom. The van der Waals surface area contributed by atoms with E-state index in [4.69, 9.17) is 9.47 Å². The molecule has 9 heteroatoms. The van der Waals surface area contributed by atoms with Gasteiger partial charge in [-0.25, -0.2) is 0 Å². The molecule has 1 heterocycles. The van der Waals surface area contributed by atoms with Gasteiger partial charge in [0.2, 0.25) is 5.91 Å². The second-order valence-corrected chi connectivity index (χ2v) is 14.6. The molecule has 9 nitrogen and oxygen atoms in total. The van der Waals surface area contributed by atoms with E-state index in [0.717, 1.165) is 51.4 Å². The summed E-state index contributed by atoms with van der Waals surface area (Å²) in [7, 11) is 0. The molecule has 1 aliphatic rings. The molecule has 0 bridgehead atoms. The zero-order chi connectivity index (χ0) is 36.8. The molecule has 0 aliphatic carbocycles. The first-order valence-corrected chi connectivity index (χ1v) is 20.5. The number of carbonyl (C=O) groups excluding carboxylic acids is 1. The summed E-state index contributed by atoms with van der Waals surface area (Å²) in [6.45, 7) is 5.83. The molecule has 8 atom stereocenters. The quantitative estimate of drug-likeness (QED) is 0.0312. The molecule has 0 spiro atoms. The minimum atomic E-state index is -1.55. The smallest absolute Gasteiger partial charge is 0.249 e. The first-order chi connectivity index (χ1) is 24.3. The van der Waals surface area contributed by atoms with Gasteiger partial charge < -0.3 is 40.3 Å². The normalized spacial score (nSPS) is 23.1. The lowest BCUT2D eigenvalue weighted by Gasteiger charge is -2.40. The van der Waals surface area contributed by atoms with Crippen molar-refractivity contribution in [3.8, 4) is 0 Å². The van der Waals surface area contributed by atoms with Crippen LogP contribution in [0.15, 0.2) is 24.3 Å². The van der Waals surface area contributed by atoms with E-state index < -0.39 is 55.4 Å². The maximum absolute atomic E-state index is 13.1. The number of nitrogens with one attached hydrogen (secondary N) is 1. The van der Waals surface area contributed by atoms with E-state index in [2.05, 4.69) is 37.4 Å². The molecule has 0 aromatic rings. The highest BCUT2D eigenvalue weighted by Crippen LogP contribution is 2.23. The summed E-state index contributed by atoms with van der Waals surface area (Å²) in [5.74, 6) is -0.618. The zero-order valence-electron chi connectivity index (χ0n) is 32.1. The fourth-order valence-electron chi connectivity index (χ4n) is 6.39. The molecule has 0 radical (unpaired) electrons. The molecule has 0 aromatic heterocycles. The lowest BCUT2D eigenvalue weighted by molar-refractivity contribution is -0.302. The van der Waals surface area contributed by atoms with Crippen LogP contribution in [0.4, 0.5) is 0 Å². The molecule has 294 valence electrons. The molecular weight excluding hydrogens is 634 g/mol. The van der Waals surface area contributed by atoms with Crippen molar-refractivity contribution in [3.63, 3.8) is 0 Å². The fourth-order valence-corrected chi connectivity index (χ4v) is 6.39. The number of rotatable bonds is 32. The molecule has 1 fully saturated rings. The summed E-state index contributed by atoms with van der Waals surface area (Å²) in [5.41, 5.74) is 0. The predicted molar refractivity (Wildman–Crippen MR) is 203 cm³/mol. The average molecular weight is 712 g/mol. The van der Waals surface area contributed by atoms with Crippen LogP contribution in [0, 0.1) is 5.92 Å². The van der Waals surface area contributed by atoms with Gasteiger partial charge in [-0.2, -0.15) is 0 Å². The van der Waals surface area contributed by atoms with Gasteiger partial charge in [-0.05, 0) is 50.9 Å². The minimum Gasteiger partial charge on any atom is -0.394 e. The van der Waals surface area contributed by atoms with Crippen molar-refractivity contribution in [2.75, 3.05) is 13.2 Å². The monoisotopic (exact) mass is 712 g/mol. The fraction of sp³-hybridized carbons (Fsp3) is 0.878. The van der Waals surface area contributed by atoms with Crippen molar-refractivity contribution in [2.24, 2.45) is 5.92 Å². The molecular formula is C41H77NO8. The molecule has 0 aromatic carbocycles. The maximum Gasteiger partial charge on any atom is 0.249 e. The summed E-state index contributed by atoms with van der Waals surface area (Å²) in [6, 6.07) is -0.537. The number of amides is 1. The number of carbonyl (C=O) groups is 1. The van der Waals surface area contributed by atoms with Gasteiger partial charge in [0.1, 0.15) is 30.5 Å². The Labute approximate surface area is 305 Å². The Balaban J connectivity index is 2.53. The molecule has 0 saturated carbocycles. The number of hydrogen-bond acceptors (Lipinski definition) is 8. The van der Waals surface area contributed by atoms with Crippen LogP contribution in [0.5, 0.6) is 0 Å². The molecule has 1 amide bonds. The summed E-state index contributed by atoms with van der Waals surface area (Å²) in [5, 5.41) is 53.8. The molecule has 1 saturated heterocycles. The lowest BCUT2D eigenvalue weighted by atomic mass is 9.98. The Morgan fingerprint density at radius 2 is 1.18 bits per heavy atom. The SMILES string of the molecule is CCCCCC/C=C/CCCCC/C=C/[C@@H](C)[C@H](CO[C@@H]1O[C@H](CO)[C@@H](O)[C@H](O)[C@H]1O)NC(=O)[C@H](O)CCCCCCCCCCCCCC. The van der Waals surface area contributed by atoms with Crippen molar-refractivity contribution < 1.29 is 39.8 Å². The highest BCUT2D eigenvalue weighted by atomic mass is 16.7. The Kier molecular flexibility index (Phi) is 29.2. The second kappa shape index (κ2) is 31.2. The van der Waals surface area contributed by atoms with Crippen LogP contribution in [-0.4, -0.2) is 87.5 Å². The number of aliphatic hydroxyl groups is 5. The topological polar surface area (TPSA) is 149 Å². The number of aliphatic hydroxyl groups excluding tert-OH is 5. The largest absolute Gasteiger partial charge is 0.394 e. The van der Waals surface area contributed by atoms with E-state index in [-0.39, 0.29) is 12.5 Å². The predicted octanol–water partition coefficient (Wildman–Crippen LogP) is 7.41. The summed E-state index contributed by atoms with van der Waals surface area (Å²) in [4.78, 5) is 13.1. The lowest BCUT2D eigenvalue weighted by Crippen LogP contribution is -2.59. The van der Waals surface area contributed by atoms with Crippen molar-refractivity contribution in [1.82, 2.24) is 5.32 Å².